The van der Waals surface area contributed by atoms with Crippen LogP contribution in [0.4, 0.5) is 0 Å². The number of nitrogens with one attached hydrogen (secondary N) is 1. The molecule has 1 N–H and O–H groups in total. The van der Waals surface area contributed by atoms with E-state index in [0.29, 0.717) is 24.7 Å². The van der Waals surface area contributed by atoms with E-state index in [2.05, 4.69) is 16.4 Å². The van der Waals surface area contributed by atoms with Crippen LogP contribution >= 0.6 is 0 Å². The lowest BCUT2D eigenvalue weighted by atomic mass is 10.1. The van der Waals surface area contributed by atoms with E-state index in [4.69, 9.17) is 20.6 Å². The van der Waals surface area contributed by atoms with Gasteiger partial charge in [0.2, 0.25) is 5.91 Å². The lowest BCUT2D eigenvalue weighted by molar-refractivity contribution is -0.120. The molecule has 0 aliphatic heterocycles. The van der Waals surface area contributed by atoms with Crippen molar-refractivity contribution in [3.8, 4) is 29.6 Å². The lowest BCUT2D eigenvalue weighted by Gasteiger charge is -2.10. The number of rotatable bonds is 10. The zero-order valence-electron chi connectivity index (χ0n) is 16.1. The lowest BCUT2D eigenvalue weighted by Crippen LogP contribution is -2.19. The number of hydrogen-bond donors (Lipinski definition) is 1. The molecule has 1 amide bonds. The van der Waals surface area contributed by atoms with Gasteiger partial charge in [-0.25, -0.2) is 5.43 Å². The van der Waals surface area contributed by atoms with Gasteiger partial charge in [0.15, 0.2) is 11.5 Å². The van der Waals surface area contributed by atoms with Crippen molar-refractivity contribution in [1.29, 1.82) is 0 Å². The van der Waals surface area contributed by atoms with E-state index in [9.17, 15) is 4.79 Å². The van der Waals surface area contributed by atoms with Gasteiger partial charge in [0.1, 0.15) is 12.4 Å². The van der Waals surface area contributed by atoms with E-state index < -0.39 is 0 Å². The third kappa shape index (κ3) is 6.69. The second kappa shape index (κ2) is 11.3. The Morgan fingerprint density at radius 1 is 1.07 bits per heavy atom. The Labute approximate surface area is 165 Å². The fourth-order valence-electron chi connectivity index (χ4n) is 2.39. The number of terminal acetylenes is 1. The molecule has 0 radical (unpaired) electrons. The zero-order chi connectivity index (χ0) is 20.2. The molecule has 146 valence electrons. The van der Waals surface area contributed by atoms with Crippen molar-refractivity contribution in [2.24, 2.45) is 5.10 Å². The maximum absolute atomic E-state index is 12.0. The zero-order valence-corrected chi connectivity index (χ0v) is 16.1. The van der Waals surface area contributed by atoms with Gasteiger partial charge in [-0.3, -0.25) is 4.79 Å². The summed E-state index contributed by atoms with van der Waals surface area (Å²) in [5.74, 6) is 4.13. The summed E-state index contributed by atoms with van der Waals surface area (Å²) in [5, 5.41) is 4.00. The van der Waals surface area contributed by atoms with Crippen molar-refractivity contribution in [2.75, 3.05) is 19.8 Å². The smallest absolute Gasteiger partial charge is 0.244 e. The predicted molar refractivity (Wildman–Crippen MR) is 109 cm³/mol. The molecule has 28 heavy (non-hydrogen) atoms. The number of ether oxygens (including phenoxy) is 3. The van der Waals surface area contributed by atoms with Crippen LogP contribution in [0.15, 0.2) is 47.6 Å². The molecule has 0 aromatic heterocycles. The number of carbonyl (C=O) groups excluding carboxylic acids is 1. The molecule has 0 atom stereocenters. The molecule has 0 bridgehead atoms. The van der Waals surface area contributed by atoms with Gasteiger partial charge in [-0.15, -0.1) is 6.42 Å². The minimum Gasteiger partial charge on any atom is -0.494 e. The molecule has 0 aliphatic carbocycles. The van der Waals surface area contributed by atoms with Gasteiger partial charge in [-0.2, -0.15) is 5.10 Å². The van der Waals surface area contributed by atoms with Gasteiger partial charge in [-0.1, -0.05) is 18.1 Å². The topological polar surface area (TPSA) is 69.2 Å². The molecule has 2 rings (SSSR count). The first-order valence-corrected chi connectivity index (χ1v) is 9.03. The van der Waals surface area contributed by atoms with E-state index in [-0.39, 0.29) is 18.9 Å². The Hall–Kier alpha value is -3.46. The Kier molecular flexibility index (Phi) is 8.41. The third-order valence-electron chi connectivity index (χ3n) is 3.58. The molecule has 6 nitrogen and oxygen atoms in total. The Morgan fingerprint density at radius 2 is 1.82 bits per heavy atom. The summed E-state index contributed by atoms with van der Waals surface area (Å²) in [4.78, 5) is 12.0. The average Bonchev–Trinajstić information content (AvgIpc) is 2.69. The van der Waals surface area contributed by atoms with Crippen LogP contribution in [-0.4, -0.2) is 31.9 Å². The minimum atomic E-state index is -0.209. The molecule has 0 heterocycles. The van der Waals surface area contributed by atoms with Crippen LogP contribution in [0.5, 0.6) is 17.2 Å². The van der Waals surface area contributed by atoms with E-state index in [1.165, 1.54) is 0 Å². The number of nitrogens with zero attached hydrogens (tertiary/aromatic N) is 1. The van der Waals surface area contributed by atoms with Crippen LogP contribution in [-0.2, 0) is 11.2 Å². The normalized spacial score (nSPS) is 10.3. The highest BCUT2D eigenvalue weighted by molar-refractivity contribution is 5.84. The van der Waals surface area contributed by atoms with Crippen molar-refractivity contribution >= 4 is 12.1 Å². The second-order valence-electron chi connectivity index (χ2n) is 5.68. The molecular weight excluding hydrogens is 356 g/mol. The van der Waals surface area contributed by atoms with Crippen LogP contribution in [0.2, 0.25) is 0 Å². The van der Waals surface area contributed by atoms with Crippen LogP contribution in [0.3, 0.4) is 0 Å². The molecular formula is C22H24N2O4. The highest BCUT2D eigenvalue weighted by Crippen LogP contribution is 2.27. The van der Waals surface area contributed by atoms with E-state index in [1.807, 2.05) is 38.1 Å². The number of amides is 1. The summed E-state index contributed by atoms with van der Waals surface area (Å²) in [5.41, 5.74) is 4.16. The molecule has 0 fully saturated rings. The van der Waals surface area contributed by atoms with E-state index >= 15 is 0 Å². The summed E-state index contributed by atoms with van der Waals surface area (Å²) in [6.45, 7) is 5.07. The van der Waals surface area contributed by atoms with E-state index in [1.54, 1.807) is 24.4 Å². The highest BCUT2D eigenvalue weighted by atomic mass is 16.5. The Bertz CT molecular complexity index is 839. The van der Waals surface area contributed by atoms with Gasteiger partial charge < -0.3 is 14.2 Å². The molecule has 0 saturated carbocycles. The second-order valence-corrected chi connectivity index (χ2v) is 5.68. The summed E-state index contributed by atoms with van der Waals surface area (Å²) < 4.78 is 16.4. The molecule has 0 saturated heterocycles. The van der Waals surface area contributed by atoms with Gasteiger partial charge in [0.05, 0.1) is 25.8 Å². The number of hydrazone groups is 1. The summed E-state index contributed by atoms with van der Waals surface area (Å²) in [6, 6.07) is 12.7. The van der Waals surface area contributed by atoms with Gasteiger partial charge in [0, 0.05) is 0 Å². The quantitative estimate of drug-likeness (QED) is 0.390. The number of hydrogen-bond acceptors (Lipinski definition) is 5. The van der Waals surface area contributed by atoms with Gasteiger partial charge in [-0.05, 0) is 55.3 Å². The SMILES string of the molecule is C#CCOc1ccc(/C=N\NC(=O)Cc2ccc(OCC)cc2)cc1OCC. The average molecular weight is 380 g/mol. The molecule has 2 aromatic rings. The molecule has 0 unspecified atom stereocenters. The summed E-state index contributed by atoms with van der Waals surface area (Å²) >= 11 is 0. The Morgan fingerprint density at radius 3 is 2.50 bits per heavy atom. The molecule has 2 aromatic carbocycles. The molecule has 0 aliphatic rings. The summed E-state index contributed by atoms with van der Waals surface area (Å²) in [7, 11) is 0. The highest BCUT2D eigenvalue weighted by Gasteiger charge is 2.06. The fraction of sp³-hybridized carbons (Fsp3) is 0.273. The van der Waals surface area contributed by atoms with Crippen molar-refractivity contribution in [3.05, 3.63) is 53.6 Å². The van der Waals surface area contributed by atoms with Crippen molar-refractivity contribution < 1.29 is 19.0 Å². The monoisotopic (exact) mass is 380 g/mol. The maximum atomic E-state index is 12.0. The first kappa shape index (κ1) is 20.8. The van der Waals surface area contributed by atoms with Crippen LogP contribution in [0, 0.1) is 12.3 Å². The largest absolute Gasteiger partial charge is 0.494 e. The third-order valence-corrected chi connectivity index (χ3v) is 3.58. The molecule has 0 spiro atoms. The molecule has 6 heteroatoms. The van der Waals surface area contributed by atoms with Crippen molar-refractivity contribution in [2.45, 2.75) is 20.3 Å². The first-order valence-electron chi connectivity index (χ1n) is 9.03. The maximum Gasteiger partial charge on any atom is 0.244 e. The standard InChI is InChI=1S/C22H24N2O4/c1-4-13-28-20-12-9-18(14-21(20)27-6-3)16-23-24-22(25)15-17-7-10-19(11-8-17)26-5-2/h1,7-12,14,16H,5-6,13,15H2,2-3H3,(H,24,25)/b23-16-. The van der Waals surface area contributed by atoms with E-state index in [0.717, 1.165) is 16.9 Å². The van der Waals surface area contributed by atoms with Crippen LogP contribution in [0.25, 0.3) is 0 Å². The van der Waals surface area contributed by atoms with Crippen molar-refractivity contribution in [1.82, 2.24) is 5.43 Å². The first-order chi connectivity index (χ1) is 13.7. The van der Waals surface area contributed by atoms with Crippen LogP contribution < -0.4 is 19.6 Å². The fourth-order valence-corrected chi connectivity index (χ4v) is 2.39. The Balaban J connectivity index is 1.92. The number of benzene rings is 2. The summed E-state index contributed by atoms with van der Waals surface area (Å²) in [6.07, 6.45) is 6.99. The number of carbonyl (C=O) groups is 1. The minimum absolute atomic E-state index is 0.162. The van der Waals surface area contributed by atoms with Gasteiger partial charge in [0.25, 0.3) is 0 Å². The van der Waals surface area contributed by atoms with Crippen molar-refractivity contribution in [3.63, 3.8) is 0 Å². The van der Waals surface area contributed by atoms with Crippen LogP contribution in [0.1, 0.15) is 25.0 Å². The predicted octanol–water partition coefficient (Wildman–Crippen LogP) is 3.19. The van der Waals surface area contributed by atoms with Gasteiger partial charge >= 0.3 is 0 Å².